The molecule has 0 unspecified atom stereocenters. The maximum absolute atomic E-state index is 12.0. The molecule has 4 nitrogen and oxygen atoms in total. The lowest BCUT2D eigenvalue weighted by Crippen LogP contribution is -2.50. The highest BCUT2D eigenvalue weighted by Crippen LogP contribution is 2.18. The van der Waals surface area contributed by atoms with Crippen LogP contribution in [-0.4, -0.2) is 40.3 Å². The molecule has 5 heteroatoms. The van der Waals surface area contributed by atoms with Gasteiger partial charge < -0.3 is 4.74 Å². The number of rotatable bonds is 3. The Morgan fingerprint density at radius 3 is 1.88 bits per heavy atom. The van der Waals surface area contributed by atoms with E-state index in [0.717, 1.165) is 0 Å². The summed E-state index contributed by atoms with van der Waals surface area (Å²) in [5.41, 5.74) is -1.06. The molecule has 0 saturated heterocycles. The Bertz CT molecular complexity index is 289. The van der Waals surface area contributed by atoms with Gasteiger partial charge in [-0.3, -0.25) is 9.69 Å². The molecular formula is C12H22ClNO3. The first kappa shape index (κ1) is 16.2. The van der Waals surface area contributed by atoms with Gasteiger partial charge in [0.15, 0.2) is 5.78 Å². The second-order valence-electron chi connectivity index (χ2n) is 5.91. The Kier molecular flexibility index (Phi) is 5.46. The van der Waals surface area contributed by atoms with Gasteiger partial charge in [-0.2, -0.15) is 0 Å². The number of ketones is 1. The smallest absolute Gasteiger partial charge is 0.411 e. The molecule has 0 heterocycles. The zero-order valence-corrected chi connectivity index (χ0v) is 12.2. The van der Waals surface area contributed by atoms with E-state index in [1.807, 2.05) is 20.8 Å². The Morgan fingerprint density at radius 1 is 1.12 bits per heavy atom. The van der Waals surface area contributed by atoms with Crippen molar-refractivity contribution >= 4 is 23.5 Å². The molecule has 0 aliphatic heterocycles. The number of hydrogen-bond donors (Lipinski definition) is 0. The average Bonchev–Trinajstić information content (AvgIpc) is 2.08. The van der Waals surface area contributed by atoms with Gasteiger partial charge in [-0.25, -0.2) is 4.79 Å². The fourth-order valence-corrected chi connectivity index (χ4v) is 1.20. The van der Waals surface area contributed by atoms with E-state index in [1.165, 1.54) is 4.90 Å². The van der Waals surface area contributed by atoms with Crippen molar-refractivity contribution in [2.75, 3.05) is 12.4 Å². The molecule has 0 aliphatic rings. The summed E-state index contributed by atoms with van der Waals surface area (Å²) in [6.07, 6.45) is -0.497. The van der Waals surface area contributed by atoms with Crippen molar-refractivity contribution in [3.05, 3.63) is 0 Å². The zero-order valence-electron chi connectivity index (χ0n) is 11.5. The van der Waals surface area contributed by atoms with E-state index >= 15 is 0 Å². The molecule has 0 spiro atoms. The van der Waals surface area contributed by atoms with Crippen LogP contribution in [0, 0.1) is 0 Å². The molecule has 0 bridgehead atoms. The molecule has 0 radical (unpaired) electrons. The summed E-state index contributed by atoms with van der Waals surface area (Å²) in [4.78, 5) is 24.7. The molecule has 1 amide bonds. The average molecular weight is 264 g/mol. The van der Waals surface area contributed by atoms with Gasteiger partial charge in [-0.1, -0.05) is 0 Å². The van der Waals surface area contributed by atoms with Crippen LogP contribution in [0.4, 0.5) is 4.79 Å². The SMILES string of the molecule is CC(C)(C)OC(=O)N(CC(=O)CCl)C(C)(C)C. The van der Waals surface area contributed by atoms with E-state index in [0.29, 0.717) is 0 Å². The minimum Gasteiger partial charge on any atom is -0.444 e. The lowest BCUT2D eigenvalue weighted by molar-refractivity contribution is -0.119. The second kappa shape index (κ2) is 5.71. The normalized spacial score (nSPS) is 12.2. The van der Waals surface area contributed by atoms with Crippen molar-refractivity contribution in [3.63, 3.8) is 0 Å². The Hall–Kier alpha value is -0.770. The number of hydrogen-bond acceptors (Lipinski definition) is 3. The molecule has 0 aliphatic carbocycles. The minimum atomic E-state index is -0.579. The van der Waals surface area contributed by atoms with E-state index in [2.05, 4.69) is 0 Å². The summed E-state index contributed by atoms with van der Waals surface area (Å²) < 4.78 is 5.26. The molecular weight excluding hydrogens is 242 g/mol. The fourth-order valence-electron chi connectivity index (χ4n) is 1.11. The van der Waals surface area contributed by atoms with Crippen LogP contribution >= 0.6 is 11.6 Å². The molecule has 0 aromatic rings. The number of ether oxygens (including phenoxy) is 1. The highest BCUT2D eigenvalue weighted by molar-refractivity contribution is 6.28. The maximum Gasteiger partial charge on any atom is 0.411 e. The first-order chi connectivity index (χ1) is 7.47. The first-order valence-corrected chi connectivity index (χ1v) is 6.09. The second-order valence-corrected chi connectivity index (χ2v) is 6.18. The number of halogens is 1. The van der Waals surface area contributed by atoms with Crippen LogP contribution < -0.4 is 0 Å². The van der Waals surface area contributed by atoms with Crippen molar-refractivity contribution in [2.45, 2.75) is 52.7 Å². The fraction of sp³-hybridized carbons (Fsp3) is 0.833. The van der Waals surface area contributed by atoms with Crippen LogP contribution in [0.5, 0.6) is 0 Å². The standard InChI is InChI=1S/C12H22ClNO3/c1-11(2,3)14(8-9(15)7-13)10(16)17-12(4,5)6/h7-8H2,1-6H3. The summed E-state index contributed by atoms with van der Waals surface area (Å²) in [5, 5.41) is 0. The summed E-state index contributed by atoms with van der Waals surface area (Å²) in [7, 11) is 0. The van der Waals surface area contributed by atoms with Gasteiger partial charge >= 0.3 is 6.09 Å². The molecule has 0 aromatic heterocycles. The first-order valence-electron chi connectivity index (χ1n) is 5.55. The number of nitrogens with zero attached hydrogens (tertiary/aromatic N) is 1. The van der Waals surface area contributed by atoms with Gasteiger partial charge in [0.05, 0.1) is 12.4 Å². The van der Waals surface area contributed by atoms with E-state index < -0.39 is 17.2 Å². The van der Waals surface area contributed by atoms with Crippen molar-refractivity contribution in [3.8, 4) is 0 Å². The van der Waals surface area contributed by atoms with Crippen LogP contribution in [0.1, 0.15) is 41.5 Å². The quantitative estimate of drug-likeness (QED) is 0.736. The molecule has 0 aromatic carbocycles. The van der Waals surface area contributed by atoms with E-state index in [1.54, 1.807) is 20.8 Å². The van der Waals surface area contributed by atoms with Crippen molar-refractivity contribution < 1.29 is 14.3 Å². The Morgan fingerprint density at radius 2 is 1.59 bits per heavy atom. The van der Waals surface area contributed by atoms with Crippen molar-refractivity contribution in [2.24, 2.45) is 0 Å². The Balaban J connectivity index is 4.82. The van der Waals surface area contributed by atoms with Crippen LogP contribution in [-0.2, 0) is 9.53 Å². The van der Waals surface area contributed by atoms with E-state index in [4.69, 9.17) is 16.3 Å². The van der Waals surface area contributed by atoms with Gasteiger partial charge in [0.2, 0.25) is 0 Å². The lowest BCUT2D eigenvalue weighted by Gasteiger charge is -2.36. The predicted octanol–water partition coefficient (Wildman–Crippen LogP) is 2.83. The van der Waals surface area contributed by atoms with Gasteiger partial charge in [0.1, 0.15) is 5.60 Å². The van der Waals surface area contributed by atoms with E-state index in [-0.39, 0.29) is 18.2 Å². The zero-order chi connectivity index (χ0) is 13.9. The highest BCUT2D eigenvalue weighted by atomic mass is 35.5. The van der Waals surface area contributed by atoms with Crippen LogP contribution in [0.25, 0.3) is 0 Å². The van der Waals surface area contributed by atoms with Crippen molar-refractivity contribution in [1.29, 1.82) is 0 Å². The third-order valence-corrected chi connectivity index (χ3v) is 2.21. The summed E-state index contributed by atoms with van der Waals surface area (Å²) in [6.45, 7) is 10.9. The summed E-state index contributed by atoms with van der Waals surface area (Å²) >= 11 is 5.46. The lowest BCUT2D eigenvalue weighted by atomic mass is 10.1. The predicted molar refractivity (Wildman–Crippen MR) is 68.4 cm³/mol. The third-order valence-electron chi connectivity index (χ3n) is 1.91. The molecule has 0 rings (SSSR count). The number of alkyl halides is 1. The van der Waals surface area contributed by atoms with Crippen LogP contribution in [0.15, 0.2) is 0 Å². The minimum absolute atomic E-state index is 0.0259. The van der Waals surface area contributed by atoms with Gasteiger partial charge in [0.25, 0.3) is 0 Å². The molecule has 0 N–H and O–H groups in total. The third kappa shape index (κ3) is 6.51. The highest BCUT2D eigenvalue weighted by Gasteiger charge is 2.31. The molecule has 0 fully saturated rings. The van der Waals surface area contributed by atoms with Crippen LogP contribution in [0.2, 0.25) is 0 Å². The number of Topliss-reactive ketones (excluding diaryl/α,β-unsaturated/α-hetero) is 1. The molecule has 0 saturated carbocycles. The summed E-state index contributed by atoms with van der Waals surface area (Å²) in [6, 6.07) is 0. The number of amides is 1. The summed E-state index contributed by atoms with van der Waals surface area (Å²) in [5.74, 6) is -0.303. The Labute approximate surface area is 108 Å². The topological polar surface area (TPSA) is 46.6 Å². The van der Waals surface area contributed by atoms with Gasteiger partial charge in [-0.05, 0) is 41.5 Å². The largest absolute Gasteiger partial charge is 0.444 e. The van der Waals surface area contributed by atoms with Gasteiger partial charge in [0, 0.05) is 5.54 Å². The number of carbonyl (C=O) groups excluding carboxylic acids is 2. The number of carbonyl (C=O) groups is 2. The van der Waals surface area contributed by atoms with Gasteiger partial charge in [-0.15, -0.1) is 11.6 Å². The molecule has 0 atom stereocenters. The molecule has 17 heavy (non-hydrogen) atoms. The van der Waals surface area contributed by atoms with E-state index in [9.17, 15) is 9.59 Å². The maximum atomic E-state index is 12.0. The molecule has 100 valence electrons. The monoisotopic (exact) mass is 263 g/mol. The van der Waals surface area contributed by atoms with Crippen molar-refractivity contribution in [1.82, 2.24) is 4.90 Å². The van der Waals surface area contributed by atoms with Crippen LogP contribution in [0.3, 0.4) is 0 Å².